The van der Waals surface area contributed by atoms with Crippen LogP contribution in [0.2, 0.25) is 0 Å². The van der Waals surface area contributed by atoms with E-state index >= 15 is 0 Å². The smallest absolute Gasteiger partial charge is 0.142 e. The Kier molecular flexibility index (Phi) is 3.03. The molecule has 0 fully saturated rings. The van der Waals surface area contributed by atoms with Crippen LogP contribution in [0.5, 0.6) is 11.5 Å². The molecule has 3 heteroatoms. The standard InChI is InChI=1S/C12H16O3/c1-12(2,3)11(15)7-8-6-9(13)4-5-10(8)14/h4-6,13-14H,7H2,1-3H3. The highest BCUT2D eigenvalue weighted by Gasteiger charge is 2.22. The maximum Gasteiger partial charge on any atom is 0.142 e. The van der Waals surface area contributed by atoms with Crippen molar-refractivity contribution in [1.29, 1.82) is 0 Å². The molecule has 0 saturated carbocycles. The van der Waals surface area contributed by atoms with E-state index in [-0.39, 0.29) is 23.7 Å². The van der Waals surface area contributed by atoms with Crippen molar-refractivity contribution in [2.24, 2.45) is 5.41 Å². The van der Waals surface area contributed by atoms with Gasteiger partial charge in [-0.1, -0.05) is 20.8 Å². The van der Waals surface area contributed by atoms with E-state index in [4.69, 9.17) is 0 Å². The van der Waals surface area contributed by atoms with Crippen LogP contribution in [0.25, 0.3) is 0 Å². The van der Waals surface area contributed by atoms with Gasteiger partial charge in [-0.25, -0.2) is 0 Å². The first-order valence-corrected chi connectivity index (χ1v) is 4.85. The fraction of sp³-hybridized carbons (Fsp3) is 0.417. The van der Waals surface area contributed by atoms with Gasteiger partial charge in [-0.05, 0) is 18.2 Å². The number of benzene rings is 1. The van der Waals surface area contributed by atoms with Crippen LogP contribution in [0.15, 0.2) is 18.2 Å². The Morgan fingerprint density at radius 2 is 1.87 bits per heavy atom. The Morgan fingerprint density at radius 3 is 2.40 bits per heavy atom. The fourth-order valence-corrected chi connectivity index (χ4v) is 1.15. The third-order valence-electron chi connectivity index (χ3n) is 2.25. The molecule has 1 aromatic carbocycles. The number of phenolic OH excluding ortho intramolecular Hbond substituents is 2. The number of rotatable bonds is 2. The van der Waals surface area contributed by atoms with E-state index in [0.717, 1.165) is 0 Å². The van der Waals surface area contributed by atoms with E-state index in [1.165, 1.54) is 18.2 Å². The van der Waals surface area contributed by atoms with Crippen LogP contribution < -0.4 is 0 Å². The van der Waals surface area contributed by atoms with Crippen molar-refractivity contribution >= 4 is 5.78 Å². The molecule has 0 heterocycles. The van der Waals surface area contributed by atoms with Crippen LogP contribution in [-0.2, 0) is 11.2 Å². The Bertz CT molecular complexity index is 375. The molecular formula is C12H16O3. The Balaban J connectivity index is 2.90. The molecule has 0 amide bonds. The van der Waals surface area contributed by atoms with Gasteiger partial charge in [0.25, 0.3) is 0 Å². The Hall–Kier alpha value is -1.51. The van der Waals surface area contributed by atoms with Gasteiger partial charge in [0.1, 0.15) is 17.3 Å². The van der Waals surface area contributed by atoms with Gasteiger partial charge in [0.15, 0.2) is 0 Å². The van der Waals surface area contributed by atoms with Crippen molar-refractivity contribution in [3.63, 3.8) is 0 Å². The molecule has 1 aromatic rings. The average Bonchev–Trinajstić information content (AvgIpc) is 2.09. The molecule has 0 saturated heterocycles. The van der Waals surface area contributed by atoms with Gasteiger partial charge in [0, 0.05) is 17.4 Å². The lowest BCUT2D eigenvalue weighted by atomic mass is 9.87. The fourth-order valence-electron chi connectivity index (χ4n) is 1.15. The van der Waals surface area contributed by atoms with E-state index < -0.39 is 5.41 Å². The summed E-state index contributed by atoms with van der Waals surface area (Å²) >= 11 is 0. The lowest BCUT2D eigenvalue weighted by molar-refractivity contribution is -0.125. The first kappa shape index (κ1) is 11.6. The molecule has 1 rings (SSSR count). The molecule has 0 unspecified atom stereocenters. The van der Waals surface area contributed by atoms with E-state index in [2.05, 4.69) is 0 Å². The molecule has 0 aliphatic rings. The Morgan fingerprint density at radius 1 is 1.27 bits per heavy atom. The van der Waals surface area contributed by atoms with Gasteiger partial charge in [-0.15, -0.1) is 0 Å². The van der Waals surface area contributed by atoms with Gasteiger partial charge < -0.3 is 10.2 Å². The third-order valence-corrected chi connectivity index (χ3v) is 2.25. The van der Waals surface area contributed by atoms with Crippen molar-refractivity contribution in [1.82, 2.24) is 0 Å². The van der Waals surface area contributed by atoms with E-state index in [1.54, 1.807) is 0 Å². The predicted octanol–water partition coefficient (Wildman–Crippen LogP) is 2.26. The SMILES string of the molecule is CC(C)(C)C(=O)Cc1cc(O)ccc1O. The van der Waals surface area contributed by atoms with Crippen molar-refractivity contribution in [3.05, 3.63) is 23.8 Å². The number of carbonyl (C=O) groups excluding carboxylic acids is 1. The first-order chi connectivity index (χ1) is 6.80. The lowest BCUT2D eigenvalue weighted by Gasteiger charge is -2.16. The molecule has 0 bridgehead atoms. The zero-order valence-electron chi connectivity index (χ0n) is 9.24. The number of ketones is 1. The van der Waals surface area contributed by atoms with Crippen LogP contribution in [0.1, 0.15) is 26.3 Å². The highest BCUT2D eigenvalue weighted by Crippen LogP contribution is 2.25. The molecule has 2 N–H and O–H groups in total. The maximum absolute atomic E-state index is 11.7. The van der Waals surface area contributed by atoms with Crippen molar-refractivity contribution in [3.8, 4) is 11.5 Å². The molecule has 0 aliphatic carbocycles. The first-order valence-electron chi connectivity index (χ1n) is 4.85. The Labute approximate surface area is 89.4 Å². The van der Waals surface area contributed by atoms with Crippen LogP contribution >= 0.6 is 0 Å². The second-order valence-electron chi connectivity index (χ2n) is 4.66. The van der Waals surface area contributed by atoms with Gasteiger partial charge >= 0.3 is 0 Å². The topological polar surface area (TPSA) is 57.5 Å². The van der Waals surface area contributed by atoms with E-state index in [1.807, 2.05) is 20.8 Å². The second-order valence-corrected chi connectivity index (χ2v) is 4.66. The van der Waals surface area contributed by atoms with E-state index in [9.17, 15) is 15.0 Å². The number of carbonyl (C=O) groups is 1. The van der Waals surface area contributed by atoms with Crippen LogP contribution in [0.3, 0.4) is 0 Å². The van der Waals surface area contributed by atoms with Crippen LogP contribution in [-0.4, -0.2) is 16.0 Å². The maximum atomic E-state index is 11.7. The minimum Gasteiger partial charge on any atom is -0.508 e. The summed E-state index contributed by atoms with van der Waals surface area (Å²) < 4.78 is 0. The number of phenols is 2. The third kappa shape index (κ3) is 2.98. The molecule has 3 nitrogen and oxygen atoms in total. The summed E-state index contributed by atoms with van der Waals surface area (Å²) in [4.78, 5) is 11.7. The van der Waals surface area contributed by atoms with Crippen LogP contribution in [0, 0.1) is 5.41 Å². The summed E-state index contributed by atoms with van der Waals surface area (Å²) in [6.07, 6.45) is 0.143. The highest BCUT2D eigenvalue weighted by atomic mass is 16.3. The predicted molar refractivity (Wildman–Crippen MR) is 57.9 cm³/mol. The number of hydrogen-bond acceptors (Lipinski definition) is 3. The average molecular weight is 208 g/mol. The summed E-state index contributed by atoms with van der Waals surface area (Å²) in [5.74, 6) is 0.137. The number of aromatic hydroxyl groups is 2. The molecule has 15 heavy (non-hydrogen) atoms. The highest BCUT2D eigenvalue weighted by molar-refractivity contribution is 5.86. The molecule has 0 aromatic heterocycles. The molecule has 82 valence electrons. The summed E-state index contributed by atoms with van der Waals surface area (Å²) in [6.45, 7) is 5.49. The zero-order valence-corrected chi connectivity index (χ0v) is 9.24. The number of hydrogen-bond donors (Lipinski definition) is 2. The molecule has 0 radical (unpaired) electrons. The molecule has 0 atom stereocenters. The second kappa shape index (κ2) is 3.93. The summed E-state index contributed by atoms with van der Waals surface area (Å²) in [6, 6.07) is 4.19. The number of Topliss-reactive ketones (excluding diaryl/α,β-unsaturated/α-hetero) is 1. The molecule has 0 aliphatic heterocycles. The van der Waals surface area contributed by atoms with Gasteiger partial charge in [-0.3, -0.25) is 4.79 Å². The summed E-state index contributed by atoms with van der Waals surface area (Å²) in [5, 5.41) is 18.7. The van der Waals surface area contributed by atoms with Crippen molar-refractivity contribution in [2.45, 2.75) is 27.2 Å². The minimum atomic E-state index is -0.433. The van der Waals surface area contributed by atoms with E-state index in [0.29, 0.717) is 5.56 Å². The van der Waals surface area contributed by atoms with Gasteiger partial charge in [0.05, 0.1) is 0 Å². The lowest BCUT2D eigenvalue weighted by Crippen LogP contribution is -2.22. The largest absolute Gasteiger partial charge is 0.508 e. The summed E-state index contributed by atoms with van der Waals surface area (Å²) in [5.41, 5.74) is 0.0349. The van der Waals surface area contributed by atoms with Crippen LogP contribution in [0.4, 0.5) is 0 Å². The zero-order chi connectivity index (χ0) is 11.6. The summed E-state index contributed by atoms with van der Waals surface area (Å²) in [7, 11) is 0. The minimum absolute atomic E-state index is 0.0309. The van der Waals surface area contributed by atoms with Gasteiger partial charge in [0.2, 0.25) is 0 Å². The normalized spacial score (nSPS) is 11.4. The van der Waals surface area contributed by atoms with Gasteiger partial charge in [-0.2, -0.15) is 0 Å². The molecular weight excluding hydrogens is 192 g/mol. The van der Waals surface area contributed by atoms with Crippen molar-refractivity contribution in [2.75, 3.05) is 0 Å². The monoisotopic (exact) mass is 208 g/mol. The van der Waals surface area contributed by atoms with Crippen molar-refractivity contribution < 1.29 is 15.0 Å². The molecule has 0 spiro atoms. The quantitative estimate of drug-likeness (QED) is 0.733.